The highest BCUT2D eigenvalue weighted by Crippen LogP contribution is 2.21. The van der Waals surface area contributed by atoms with E-state index in [-0.39, 0.29) is 17.0 Å². The Hall–Kier alpha value is -1.99. The van der Waals surface area contributed by atoms with Gasteiger partial charge in [-0.1, -0.05) is 6.07 Å². The number of nitrogens with two attached hydrogens (primary N) is 1. The molecule has 0 aliphatic rings. The maximum atomic E-state index is 13.5. The maximum absolute atomic E-state index is 13.5. The van der Waals surface area contributed by atoms with Crippen molar-refractivity contribution in [3.05, 3.63) is 59.2 Å². The van der Waals surface area contributed by atoms with Crippen LogP contribution in [0.1, 0.15) is 11.1 Å². The van der Waals surface area contributed by atoms with Crippen molar-refractivity contribution in [2.45, 2.75) is 18.4 Å². The molecule has 0 bridgehead atoms. The highest BCUT2D eigenvalue weighted by Gasteiger charge is 2.10. The number of hydrogen-bond acceptors (Lipinski definition) is 3. The zero-order valence-electron chi connectivity index (χ0n) is 11.2. The number of aryl methyl sites for hydroxylation is 1. The predicted octanol–water partition coefficient (Wildman–Crippen LogP) is 2.53. The molecule has 2 rings (SSSR count). The Balaban J connectivity index is 2.26. The SMILES string of the molecule is Cc1ccc(S(N)(=O)=O)cc1NCc1cc(F)ccc1F. The molecule has 0 amide bonds. The van der Waals surface area contributed by atoms with Crippen LogP contribution in [0.5, 0.6) is 0 Å². The molecule has 0 aromatic heterocycles. The molecule has 0 saturated heterocycles. The van der Waals surface area contributed by atoms with Crippen LogP contribution in [0.3, 0.4) is 0 Å². The summed E-state index contributed by atoms with van der Waals surface area (Å²) in [5.41, 5.74) is 1.40. The molecule has 7 heteroatoms. The largest absolute Gasteiger partial charge is 0.381 e. The van der Waals surface area contributed by atoms with E-state index in [4.69, 9.17) is 5.14 Å². The summed E-state index contributed by atoms with van der Waals surface area (Å²) in [6.07, 6.45) is 0. The second kappa shape index (κ2) is 5.79. The molecular formula is C14H14F2N2O2S. The molecule has 0 aliphatic carbocycles. The van der Waals surface area contributed by atoms with Gasteiger partial charge < -0.3 is 5.32 Å². The van der Waals surface area contributed by atoms with Crippen molar-refractivity contribution < 1.29 is 17.2 Å². The van der Waals surface area contributed by atoms with Crippen molar-refractivity contribution in [1.29, 1.82) is 0 Å². The Morgan fingerprint density at radius 2 is 1.86 bits per heavy atom. The van der Waals surface area contributed by atoms with Crippen molar-refractivity contribution in [3.8, 4) is 0 Å². The minimum absolute atomic E-state index is 0.0263. The van der Waals surface area contributed by atoms with E-state index in [1.807, 2.05) is 0 Å². The molecule has 3 N–H and O–H groups in total. The van der Waals surface area contributed by atoms with Gasteiger partial charge >= 0.3 is 0 Å². The summed E-state index contributed by atoms with van der Waals surface area (Å²) in [6.45, 7) is 1.79. The number of nitrogens with one attached hydrogen (secondary N) is 1. The Morgan fingerprint density at radius 1 is 1.14 bits per heavy atom. The molecule has 4 nitrogen and oxygen atoms in total. The van der Waals surface area contributed by atoms with Crippen LogP contribution in [0.25, 0.3) is 0 Å². The Morgan fingerprint density at radius 3 is 2.52 bits per heavy atom. The number of sulfonamides is 1. The molecule has 0 fully saturated rings. The van der Waals surface area contributed by atoms with E-state index >= 15 is 0 Å². The van der Waals surface area contributed by atoms with Gasteiger partial charge in [-0.2, -0.15) is 0 Å². The van der Waals surface area contributed by atoms with Gasteiger partial charge in [-0.15, -0.1) is 0 Å². The lowest BCUT2D eigenvalue weighted by Crippen LogP contribution is -2.13. The third-order valence-electron chi connectivity index (χ3n) is 3.01. The van der Waals surface area contributed by atoms with Gasteiger partial charge in [-0.3, -0.25) is 0 Å². The highest BCUT2D eigenvalue weighted by molar-refractivity contribution is 7.89. The second-order valence-corrected chi connectivity index (χ2v) is 6.17. The van der Waals surface area contributed by atoms with Crippen LogP contribution in [0.4, 0.5) is 14.5 Å². The van der Waals surface area contributed by atoms with E-state index in [0.717, 1.165) is 23.8 Å². The summed E-state index contributed by atoms with van der Waals surface area (Å²) < 4.78 is 49.2. The van der Waals surface area contributed by atoms with Crippen LogP contribution in [0, 0.1) is 18.6 Å². The second-order valence-electron chi connectivity index (χ2n) is 4.61. The number of anilines is 1. The van der Waals surface area contributed by atoms with Crippen LogP contribution in [0.2, 0.25) is 0 Å². The van der Waals surface area contributed by atoms with Gasteiger partial charge in [-0.25, -0.2) is 22.3 Å². The molecule has 0 radical (unpaired) electrons. The lowest BCUT2D eigenvalue weighted by Gasteiger charge is -2.11. The number of halogens is 2. The number of benzene rings is 2. The minimum atomic E-state index is -3.81. The number of hydrogen-bond donors (Lipinski definition) is 2. The average Bonchev–Trinajstić information content (AvgIpc) is 2.40. The summed E-state index contributed by atoms with van der Waals surface area (Å²) in [6, 6.07) is 7.50. The van der Waals surface area contributed by atoms with Gasteiger partial charge in [0.05, 0.1) is 4.90 Å². The molecule has 0 aliphatic heterocycles. The first-order valence-corrected chi connectivity index (χ1v) is 7.63. The maximum Gasteiger partial charge on any atom is 0.238 e. The molecular weight excluding hydrogens is 298 g/mol. The van der Waals surface area contributed by atoms with E-state index in [9.17, 15) is 17.2 Å². The Labute approximate surface area is 121 Å². The summed E-state index contributed by atoms with van der Waals surface area (Å²) in [7, 11) is -3.81. The summed E-state index contributed by atoms with van der Waals surface area (Å²) in [5.74, 6) is -1.08. The lowest BCUT2D eigenvalue weighted by molar-refractivity contribution is 0.587. The molecule has 2 aromatic carbocycles. The third-order valence-corrected chi connectivity index (χ3v) is 3.93. The Kier molecular flexibility index (Phi) is 4.24. The fourth-order valence-electron chi connectivity index (χ4n) is 1.84. The summed E-state index contributed by atoms with van der Waals surface area (Å²) in [5, 5.41) is 7.94. The van der Waals surface area contributed by atoms with Crippen molar-refractivity contribution in [2.75, 3.05) is 5.32 Å². The summed E-state index contributed by atoms with van der Waals surface area (Å²) >= 11 is 0. The van der Waals surface area contributed by atoms with Gasteiger partial charge in [0, 0.05) is 17.8 Å². The molecule has 0 spiro atoms. The van der Waals surface area contributed by atoms with Gasteiger partial charge in [0.25, 0.3) is 0 Å². The van der Waals surface area contributed by atoms with Gasteiger partial charge in [-0.05, 0) is 42.8 Å². The molecule has 0 unspecified atom stereocenters. The number of primary sulfonamides is 1. The molecule has 0 saturated carbocycles. The summed E-state index contributed by atoms with van der Waals surface area (Å²) in [4.78, 5) is -0.0460. The first-order chi connectivity index (χ1) is 9.77. The van der Waals surface area contributed by atoms with Crippen LogP contribution >= 0.6 is 0 Å². The normalized spacial score (nSPS) is 11.4. The smallest absolute Gasteiger partial charge is 0.238 e. The molecule has 21 heavy (non-hydrogen) atoms. The van der Waals surface area contributed by atoms with Crippen LogP contribution in [-0.2, 0) is 16.6 Å². The zero-order chi connectivity index (χ0) is 15.6. The Bertz CT molecular complexity index is 777. The van der Waals surface area contributed by atoms with Crippen molar-refractivity contribution in [2.24, 2.45) is 5.14 Å². The molecule has 2 aromatic rings. The van der Waals surface area contributed by atoms with E-state index in [1.54, 1.807) is 13.0 Å². The standard InChI is InChI=1S/C14H14F2N2O2S/c1-9-2-4-12(21(17,19)20)7-14(9)18-8-10-6-11(15)3-5-13(10)16/h2-7,18H,8H2,1H3,(H2,17,19,20). The predicted molar refractivity (Wildman–Crippen MR) is 76.2 cm³/mol. The lowest BCUT2D eigenvalue weighted by atomic mass is 10.1. The first-order valence-electron chi connectivity index (χ1n) is 6.08. The fraction of sp³-hybridized carbons (Fsp3) is 0.143. The van der Waals surface area contributed by atoms with E-state index in [2.05, 4.69) is 5.32 Å². The van der Waals surface area contributed by atoms with Crippen molar-refractivity contribution in [1.82, 2.24) is 0 Å². The van der Waals surface area contributed by atoms with Gasteiger partial charge in [0.1, 0.15) is 11.6 Å². The minimum Gasteiger partial charge on any atom is -0.381 e. The van der Waals surface area contributed by atoms with E-state index < -0.39 is 21.7 Å². The molecule has 112 valence electrons. The quantitative estimate of drug-likeness (QED) is 0.911. The highest BCUT2D eigenvalue weighted by atomic mass is 32.2. The van der Waals surface area contributed by atoms with Gasteiger partial charge in [0.2, 0.25) is 10.0 Å². The first kappa shape index (κ1) is 15.4. The van der Waals surface area contributed by atoms with Crippen LogP contribution in [-0.4, -0.2) is 8.42 Å². The van der Waals surface area contributed by atoms with Crippen LogP contribution in [0.15, 0.2) is 41.3 Å². The fourth-order valence-corrected chi connectivity index (χ4v) is 2.38. The zero-order valence-corrected chi connectivity index (χ0v) is 12.0. The van der Waals surface area contributed by atoms with Crippen molar-refractivity contribution in [3.63, 3.8) is 0 Å². The monoisotopic (exact) mass is 312 g/mol. The van der Waals surface area contributed by atoms with E-state index in [0.29, 0.717) is 5.69 Å². The van der Waals surface area contributed by atoms with Gasteiger partial charge in [0.15, 0.2) is 0 Å². The average molecular weight is 312 g/mol. The number of rotatable bonds is 4. The van der Waals surface area contributed by atoms with Crippen molar-refractivity contribution >= 4 is 15.7 Å². The van der Waals surface area contributed by atoms with Crippen LogP contribution < -0.4 is 10.5 Å². The molecule has 0 heterocycles. The molecule has 0 atom stereocenters. The topological polar surface area (TPSA) is 72.2 Å². The van der Waals surface area contributed by atoms with E-state index in [1.165, 1.54) is 12.1 Å². The third kappa shape index (κ3) is 3.77.